The van der Waals surface area contributed by atoms with Crippen LogP contribution in [0.15, 0.2) is 54.7 Å². The lowest BCUT2D eigenvalue weighted by Crippen LogP contribution is -2.34. The van der Waals surface area contributed by atoms with E-state index < -0.39 is 0 Å². The van der Waals surface area contributed by atoms with Crippen molar-refractivity contribution in [2.24, 2.45) is 0 Å². The van der Waals surface area contributed by atoms with Gasteiger partial charge in [-0.25, -0.2) is 4.68 Å². The Labute approximate surface area is 181 Å². The van der Waals surface area contributed by atoms with Gasteiger partial charge in [-0.1, -0.05) is 53.2 Å². The molecule has 0 spiro atoms. The molecule has 0 saturated carbocycles. The Morgan fingerprint density at radius 2 is 2.00 bits per heavy atom. The number of nitrogens with one attached hydrogen (secondary N) is 1. The topological polar surface area (TPSA) is 63.1 Å². The molecule has 3 aromatic rings. The van der Waals surface area contributed by atoms with E-state index in [9.17, 15) is 4.79 Å². The predicted molar refractivity (Wildman–Crippen MR) is 118 cm³/mol. The van der Waals surface area contributed by atoms with Crippen molar-refractivity contribution in [1.82, 2.24) is 25.2 Å². The molecule has 7 heteroatoms. The smallest absolute Gasteiger partial charge is 0.273 e. The van der Waals surface area contributed by atoms with Gasteiger partial charge in [0.25, 0.3) is 5.91 Å². The van der Waals surface area contributed by atoms with Gasteiger partial charge >= 0.3 is 0 Å². The maximum absolute atomic E-state index is 12.4. The van der Waals surface area contributed by atoms with Crippen molar-refractivity contribution in [2.45, 2.75) is 25.8 Å². The van der Waals surface area contributed by atoms with Crippen molar-refractivity contribution in [3.8, 4) is 0 Å². The van der Waals surface area contributed by atoms with Crippen LogP contribution in [-0.4, -0.2) is 52.0 Å². The molecular weight excluding hydrogens is 398 g/mol. The van der Waals surface area contributed by atoms with E-state index >= 15 is 0 Å². The Morgan fingerprint density at radius 3 is 2.80 bits per heavy atom. The van der Waals surface area contributed by atoms with E-state index in [-0.39, 0.29) is 5.91 Å². The molecule has 2 aromatic carbocycles. The van der Waals surface area contributed by atoms with Gasteiger partial charge in [-0.3, -0.25) is 4.79 Å². The van der Waals surface area contributed by atoms with E-state index in [4.69, 9.17) is 11.6 Å². The van der Waals surface area contributed by atoms with Gasteiger partial charge in [0.1, 0.15) is 0 Å². The van der Waals surface area contributed by atoms with Crippen LogP contribution < -0.4 is 5.32 Å². The van der Waals surface area contributed by atoms with Crippen LogP contribution in [0.4, 0.5) is 0 Å². The van der Waals surface area contributed by atoms with E-state index in [1.54, 1.807) is 10.9 Å². The maximum Gasteiger partial charge on any atom is 0.273 e. The first-order valence-corrected chi connectivity index (χ1v) is 10.7. The van der Waals surface area contributed by atoms with Gasteiger partial charge < -0.3 is 10.2 Å². The number of nitrogens with zero attached hydrogens (tertiary/aromatic N) is 4. The Morgan fingerprint density at radius 1 is 1.20 bits per heavy atom. The molecule has 1 fully saturated rings. The lowest BCUT2D eigenvalue weighted by Gasteiger charge is -2.17. The van der Waals surface area contributed by atoms with E-state index in [1.165, 1.54) is 11.1 Å². The number of halogens is 1. The van der Waals surface area contributed by atoms with Crippen LogP contribution in [0.2, 0.25) is 5.02 Å². The number of likely N-dealkylation sites (tertiary alicyclic amines) is 1. The fourth-order valence-electron chi connectivity index (χ4n) is 4.01. The molecule has 0 bridgehead atoms. The summed E-state index contributed by atoms with van der Waals surface area (Å²) in [6.45, 7) is 6.27. The number of aromatic nitrogens is 3. The second-order valence-corrected chi connectivity index (χ2v) is 8.26. The normalized spacial score (nSPS) is 16.7. The molecule has 4 rings (SSSR count). The molecule has 156 valence electrons. The fraction of sp³-hybridized carbons (Fsp3) is 0.348. The van der Waals surface area contributed by atoms with Crippen molar-refractivity contribution in [3.63, 3.8) is 0 Å². The molecule has 0 aliphatic carbocycles. The number of amides is 1. The molecule has 1 saturated heterocycles. The van der Waals surface area contributed by atoms with Crippen molar-refractivity contribution < 1.29 is 4.79 Å². The zero-order valence-electron chi connectivity index (χ0n) is 17.1. The number of rotatable bonds is 7. The molecule has 1 aliphatic heterocycles. The highest BCUT2D eigenvalue weighted by atomic mass is 35.5. The summed E-state index contributed by atoms with van der Waals surface area (Å²) in [7, 11) is 0. The molecule has 1 amide bonds. The van der Waals surface area contributed by atoms with Crippen molar-refractivity contribution in [3.05, 3.63) is 82.1 Å². The van der Waals surface area contributed by atoms with Gasteiger partial charge in [0.05, 0.1) is 12.7 Å². The number of carbonyl (C=O) groups excluding carboxylic acids is 1. The minimum absolute atomic E-state index is 0.188. The van der Waals surface area contributed by atoms with Crippen molar-refractivity contribution >= 4 is 17.5 Å². The summed E-state index contributed by atoms with van der Waals surface area (Å²) in [6, 6.07) is 16.2. The third-order valence-electron chi connectivity index (χ3n) is 5.64. The second-order valence-electron chi connectivity index (χ2n) is 7.83. The monoisotopic (exact) mass is 423 g/mol. The summed E-state index contributed by atoms with van der Waals surface area (Å²) >= 11 is 5.91. The third-order valence-corrected chi connectivity index (χ3v) is 5.90. The number of benzene rings is 2. The Balaban J connectivity index is 1.23. The van der Waals surface area contributed by atoms with E-state index in [1.807, 2.05) is 24.3 Å². The molecular formula is C23H26ClN5O. The summed E-state index contributed by atoms with van der Waals surface area (Å²) in [5.74, 6) is 0.390. The molecule has 0 radical (unpaired) electrons. The first-order chi connectivity index (χ1) is 14.6. The lowest BCUT2D eigenvalue weighted by molar-refractivity contribution is 0.0944. The highest BCUT2D eigenvalue weighted by Crippen LogP contribution is 2.28. The van der Waals surface area contributed by atoms with Crippen LogP contribution in [-0.2, 0) is 6.54 Å². The summed E-state index contributed by atoms with van der Waals surface area (Å²) in [5.41, 5.74) is 4.19. The van der Waals surface area contributed by atoms with Gasteiger partial charge in [-0.2, -0.15) is 0 Å². The number of carbonyl (C=O) groups is 1. The molecule has 1 atom stereocenters. The zero-order valence-corrected chi connectivity index (χ0v) is 17.8. The first-order valence-electron chi connectivity index (χ1n) is 10.3. The lowest BCUT2D eigenvalue weighted by atomic mass is 9.94. The molecule has 6 nitrogen and oxygen atoms in total. The van der Waals surface area contributed by atoms with Gasteiger partial charge in [0.2, 0.25) is 0 Å². The van der Waals surface area contributed by atoms with E-state index in [2.05, 4.69) is 51.7 Å². The van der Waals surface area contributed by atoms with Crippen LogP contribution in [0.5, 0.6) is 0 Å². The average Bonchev–Trinajstić information content (AvgIpc) is 3.40. The Hall–Kier alpha value is -2.70. The highest BCUT2D eigenvalue weighted by molar-refractivity contribution is 6.30. The highest BCUT2D eigenvalue weighted by Gasteiger charge is 2.24. The van der Waals surface area contributed by atoms with Gasteiger partial charge in [-0.05, 0) is 54.6 Å². The standard InChI is InChI=1S/C23H26ClN5O/c1-17-4-2-3-5-21(17)19-10-12-28(15-19)13-11-25-23(30)22-16-29(27-26-22)14-18-6-8-20(24)9-7-18/h2-9,16,19H,10-15H2,1H3,(H,25,30)/t19-/m1/s1. The van der Waals surface area contributed by atoms with Gasteiger partial charge in [0, 0.05) is 24.7 Å². The summed E-state index contributed by atoms with van der Waals surface area (Å²) in [5, 5.41) is 11.7. The Kier molecular flexibility index (Phi) is 6.45. The van der Waals surface area contributed by atoms with Crippen LogP contribution in [0.25, 0.3) is 0 Å². The fourth-order valence-corrected chi connectivity index (χ4v) is 4.14. The largest absolute Gasteiger partial charge is 0.349 e. The van der Waals surface area contributed by atoms with Crippen molar-refractivity contribution in [2.75, 3.05) is 26.2 Å². The number of hydrogen-bond donors (Lipinski definition) is 1. The molecule has 0 unspecified atom stereocenters. The third kappa shape index (κ3) is 5.07. The predicted octanol–water partition coefficient (Wildman–Crippen LogP) is 3.51. The number of aryl methyl sites for hydroxylation is 1. The first kappa shape index (κ1) is 20.6. The zero-order chi connectivity index (χ0) is 20.9. The van der Waals surface area contributed by atoms with Gasteiger partial charge in [0.15, 0.2) is 5.69 Å². The molecule has 1 aliphatic rings. The van der Waals surface area contributed by atoms with E-state index in [0.29, 0.717) is 29.7 Å². The minimum Gasteiger partial charge on any atom is -0.349 e. The molecule has 2 heterocycles. The summed E-state index contributed by atoms with van der Waals surface area (Å²) < 4.78 is 1.66. The quantitative estimate of drug-likeness (QED) is 0.631. The average molecular weight is 424 g/mol. The van der Waals surface area contributed by atoms with E-state index in [0.717, 1.165) is 31.6 Å². The Bertz CT molecular complexity index is 1000. The summed E-state index contributed by atoms with van der Waals surface area (Å²) in [6.07, 6.45) is 2.84. The maximum atomic E-state index is 12.4. The minimum atomic E-state index is -0.188. The van der Waals surface area contributed by atoms with Crippen LogP contribution in [0.1, 0.15) is 39.5 Å². The number of hydrogen-bond acceptors (Lipinski definition) is 4. The summed E-state index contributed by atoms with van der Waals surface area (Å²) in [4.78, 5) is 14.8. The second kappa shape index (κ2) is 9.41. The van der Waals surface area contributed by atoms with Crippen LogP contribution in [0.3, 0.4) is 0 Å². The molecule has 1 aromatic heterocycles. The van der Waals surface area contributed by atoms with Crippen LogP contribution >= 0.6 is 11.6 Å². The molecule has 30 heavy (non-hydrogen) atoms. The molecule has 1 N–H and O–H groups in total. The van der Waals surface area contributed by atoms with Crippen molar-refractivity contribution in [1.29, 1.82) is 0 Å². The van der Waals surface area contributed by atoms with Crippen LogP contribution in [0, 0.1) is 6.92 Å². The SMILES string of the molecule is Cc1ccccc1[C@@H]1CCN(CCNC(=O)c2cn(Cc3ccc(Cl)cc3)nn2)C1. The van der Waals surface area contributed by atoms with Gasteiger partial charge in [-0.15, -0.1) is 5.10 Å².